The summed E-state index contributed by atoms with van der Waals surface area (Å²) in [4.78, 5) is 14.7. The van der Waals surface area contributed by atoms with Crippen molar-refractivity contribution in [3.63, 3.8) is 0 Å². The molecule has 0 aromatic heterocycles. The van der Waals surface area contributed by atoms with Gasteiger partial charge in [0.25, 0.3) is 5.91 Å². The number of aryl methyl sites for hydroxylation is 1. The topological polar surface area (TPSA) is 46.3 Å². The molecule has 2 fully saturated rings. The second kappa shape index (κ2) is 6.67. The van der Waals surface area contributed by atoms with Crippen molar-refractivity contribution in [1.29, 1.82) is 0 Å². The van der Waals surface area contributed by atoms with Crippen molar-refractivity contribution in [2.24, 2.45) is 17.6 Å². The number of fused-ring (bicyclic) bond motifs is 1. The van der Waals surface area contributed by atoms with Gasteiger partial charge in [0.15, 0.2) is 0 Å². The third-order valence-corrected chi connectivity index (χ3v) is 5.36. The maximum Gasteiger partial charge on any atom is 0.254 e. The van der Waals surface area contributed by atoms with Crippen molar-refractivity contribution in [2.75, 3.05) is 13.1 Å². The van der Waals surface area contributed by atoms with E-state index in [0.717, 1.165) is 35.1 Å². The molecular weight excluding hydrogens is 352 g/mol. The predicted octanol–water partition coefficient (Wildman–Crippen LogP) is 3.38. The molecule has 1 saturated heterocycles. The summed E-state index contributed by atoms with van der Waals surface area (Å²) >= 11 is 3.45. The van der Waals surface area contributed by atoms with Crippen LogP contribution in [0.2, 0.25) is 0 Å². The van der Waals surface area contributed by atoms with Crippen molar-refractivity contribution in [3.05, 3.63) is 33.8 Å². The molecule has 1 heterocycles. The van der Waals surface area contributed by atoms with E-state index in [9.17, 15) is 4.79 Å². The lowest BCUT2D eigenvalue weighted by atomic mass is 9.78. The van der Waals surface area contributed by atoms with Crippen LogP contribution in [0.15, 0.2) is 22.7 Å². The maximum absolute atomic E-state index is 12.7. The molecule has 3 nitrogen and oxygen atoms in total. The fourth-order valence-corrected chi connectivity index (χ4v) is 4.04. The van der Waals surface area contributed by atoms with Gasteiger partial charge < -0.3 is 10.6 Å². The second-order valence-corrected chi connectivity index (χ2v) is 7.10. The second-order valence-electron chi connectivity index (χ2n) is 6.19. The zero-order valence-corrected chi connectivity index (χ0v) is 14.6. The number of nitrogens with two attached hydrogens (primary N) is 1. The van der Waals surface area contributed by atoms with Gasteiger partial charge in [-0.1, -0.05) is 28.4 Å². The lowest BCUT2D eigenvalue weighted by Crippen LogP contribution is -2.38. The molecule has 21 heavy (non-hydrogen) atoms. The first-order chi connectivity index (χ1) is 9.56. The molecule has 1 aliphatic carbocycles. The number of rotatable bonds is 1. The van der Waals surface area contributed by atoms with Gasteiger partial charge in [-0.15, -0.1) is 12.4 Å². The Morgan fingerprint density at radius 1 is 1.33 bits per heavy atom. The molecule has 2 N–H and O–H groups in total. The van der Waals surface area contributed by atoms with Crippen molar-refractivity contribution in [3.8, 4) is 0 Å². The van der Waals surface area contributed by atoms with Crippen molar-refractivity contribution < 1.29 is 4.79 Å². The van der Waals surface area contributed by atoms with Gasteiger partial charge >= 0.3 is 0 Å². The van der Waals surface area contributed by atoms with Crippen LogP contribution in [0.1, 0.15) is 35.2 Å². The minimum Gasteiger partial charge on any atom is -0.338 e. The van der Waals surface area contributed by atoms with Crippen LogP contribution >= 0.6 is 28.3 Å². The zero-order chi connectivity index (χ0) is 14.3. The molecular formula is C16H22BrClN2O. The van der Waals surface area contributed by atoms with E-state index in [1.54, 1.807) is 0 Å². The summed E-state index contributed by atoms with van der Waals surface area (Å²) in [5.74, 6) is 1.26. The fraction of sp³-hybridized carbons (Fsp3) is 0.562. The lowest BCUT2D eigenvalue weighted by molar-refractivity contribution is 0.0782. The summed E-state index contributed by atoms with van der Waals surface area (Å²) in [5, 5.41) is 0. The number of likely N-dealkylation sites (tertiary alicyclic amines) is 1. The van der Waals surface area contributed by atoms with E-state index in [-0.39, 0.29) is 24.4 Å². The van der Waals surface area contributed by atoms with E-state index in [1.165, 1.54) is 12.8 Å². The average Bonchev–Trinajstić information content (AvgIpc) is 2.86. The molecule has 0 spiro atoms. The molecule has 3 unspecified atom stereocenters. The Labute approximate surface area is 140 Å². The lowest BCUT2D eigenvalue weighted by Gasteiger charge is -2.29. The number of hydrogen-bond acceptors (Lipinski definition) is 2. The molecule has 1 aromatic rings. The van der Waals surface area contributed by atoms with Crippen LogP contribution < -0.4 is 5.73 Å². The van der Waals surface area contributed by atoms with Gasteiger partial charge in [0, 0.05) is 29.2 Å². The molecule has 1 aromatic carbocycles. The maximum atomic E-state index is 12.7. The summed E-state index contributed by atoms with van der Waals surface area (Å²) in [6, 6.07) is 6.17. The Kier molecular flexibility index (Phi) is 5.33. The van der Waals surface area contributed by atoms with E-state index in [2.05, 4.69) is 15.9 Å². The molecule has 1 aliphatic heterocycles. The quantitative estimate of drug-likeness (QED) is 0.820. The molecule has 5 heteroatoms. The number of carbonyl (C=O) groups is 1. The van der Waals surface area contributed by atoms with Gasteiger partial charge in [-0.3, -0.25) is 4.79 Å². The third kappa shape index (κ3) is 3.27. The number of amides is 1. The third-order valence-electron chi connectivity index (χ3n) is 4.87. The van der Waals surface area contributed by atoms with Crippen molar-refractivity contribution in [1.82, 2.24) is 4.90 Å². The molecule has 116 valence electrons. The first kappa shape index (κ1) is 16.8. The van der Waals surface area contributed by atoms with E-state index in [4.69, 9.17) is 5.73 Å². The van der Waals surface area contributed by atoms with Gasteiger partial charge in [-0.05, 0) is 49.3 Å². The summed E-state index contributed by atoms with van der Waals surface area (Å²) in [6.07, 6.45) is 3.54. The summed E-state index contributed by atoms with van der Waals surface area (Å²) in [7, 11) is 0. The number of carbonyl (C=O) groups excluding carboxylic acids is 1. The zero-order valence-electron chi connectivity index (χ0n) is 12.2. The van der Waals surface area contributed by atoms with Gasteiger partial charge in [-0.25, -0.2) is 0 Å². The van der Waals surface area contributed by atoms with Crippen LogP contribution in [-0.4, -0.2) is 29.9 Å². The number of benzene rings is 1. The first-order valence-electron chi connectivity index (χ1n) is 7.37. The number of hydrogen-bond donors (Lipinski definition) is 1. The first-order valence-corrected chi connectivity index (χ1v) is 8.16. The molecule has 3 atom stereocenters. The van der Waals surface area contributed by atoms with Crippen molar-refractivity contribution in [2.45, 2.75) is 32.2 Å². The minimum atomic E-state index is 0. The largest absolute Gasteiger partial charge is 0.338 e. The summed E-state index contributed by atoms with van der Waals surface area (Å²) in [5.41, 5.74) is 8.08. The Hall–Kier alpha value is -0.580. The average molecular weight is 374 g/mol. The molecule has 1 saturated carbocycles. The smallest absolute Gasteiger partial charge is 0.254 e. The SMILES string of the molecule is Cc1ccc(Br)cc1C(=O)N1CC2CCCC(N)C2C1.Cl. The number of halogens is 2. The summed E-state index contributed by atoms with van der Waals surface area (Å²) < 4.78 is 0.958. The Morgan fingerprint density at radius 2 is 2.10 bits per heavy atom. The van der Waals surface area contributed by atoms with E-state index in [1.807, 2.05) is 30.0 Å². The highest BCUT2D eigenvalue weighted by Crippen LogP contribution is 2.36. The van der Waals surface area contributed by atoms with Crippen LogP contribution in [0, 0.1) is 18.8 Å². The molecule has 2 aliphatic rings. The molecule has 3 rings (SSSR count). The van der Waals surface area contributed by atoms with Crippen LogP contribution in [0.5, 0.6) is 0 Å². The number of nitrogens with zero attached hydrogens (tertiary/aromatic N) is 1. The highest BCUT2D eigenvalue weighted by atomic mass is 79.9. The molecule has 1 amide bonds. The molecule has 0 bridgehead atoms. The van der Waals surface area contributed by atoms with Crippen LogP contribution in [0.4, 0.5) is 0 Å². The monoisotopic (exact) mass is 372 g/mol. The van der Waals surface area contributed by atoms with E-state index < -0.39 is 0 Å². The van der Waals surface area contributed by atoms with Gasteiger partial charge in [0.1, 0.15) is 0 Å². The Bertz CT molecular complexity index is 537. The minimum absolute atomic E-state index is 0. The summed E-state index contributed by atoms with van der Waals surface area (Å²) in [6.45, 7) is 3.70. The Morgan fingerprint density at radius 3 is 2.81 bits per heavy atom. The van der Waals surface area contributed by atoms with Crippen LogP contribution in [-0.2, 0) is 0 Å². The van der Waals surface area contributed by atoms with Gasteiger partial charge in [0.05, 0.1) is 0 Å². The van der Waals surface area contributed by atoms with Crippen LogP contribution in [0.25, 0.3) is 0 Å². The predicted molar refractivity (Wildman–Crippen MR) is 90.8 cm³/mol. The van der Waals surface area contributed by atoms with Gasteiger partial charge in [-0.2, -0.15) is 0 Å². The Balaban J connectivity index is 0.00000161. The van der Waals surface area contributed by atoms with E-state index >= 15 is 0 Å². The van der Waals surface area contributed by atoms with E-state index in [0.29, 0.717) is 11.8 Å². The molecule has 0 radical (unpaired) electrons. The highest BCUT2D eigenvalue weighted by molar-refractivity contribution is 9.10. The highest BCUT2D eigenvalue weighted by Gasteiger charge is 2.40. The van der Waals surface area contributed by atoms with Crippen molar-refractivity contribution >= 4 is 34.2 Å². The standard InChI is InChI=1S/C16H21BrN2O.ClH/c1-10-5-6-12(17)7-13(10)16(20)19-8-11-3-2-4-15(18)14(11)9-19;/h5-7,11,14-15H,2-4,8-9,18H2,1H3;1H. The fourth-order valence-electron chi connectivity index (χ4n) is 3.68. The normalized spacial score (nSPS) is 28.0. The van der Waals surface area contributed by atoms with Gasteiger partial charge in [0.2, 0.25) is 0 Å². The van der Waals surface area contributed by atoms with Crippen LogP contribution in [0.3, 0.4) is 0 Å².